The van der Waals surface area contributed by atoms with Crippen molar-refractivity contribution in [3.8, 4) is 0 Å². The molecule has 1 rings (SSSR count). The number of benzene rings is 1. The largest absolute Gasteiger partial charge is 0.351 e. The van der Waals surface area contributed by atoms with Crippen LogP contribution in [0.2, 0.25) is 0 Å². The highest BCUT2D eigenvalue weighted by molar-refractivity contribution is 6.19. The molecular formula is C12H13ClN2O2. The first-order valence-corrected chi connectivity index (χ1v) is 5.58. The summed E-state index contributed by atoms with van der Waals surface area (Å²) in [6.45, 7) is 0. The summed E-state index contributed by atoms with van der Waals surface area (Å²) in [5.41, 5.74) is 6.39. The molecule has 0 bridgehead atoms. The minimum absolute atomic E-state index is 0.0193. The Morgan fingerprint density at radius 3 is 2.47 bits per heavy atom. The molecule has 17 heavy (non-hydrogen) atoms. The number of ketones is 1. The molecule has 4 nitrogen and oxygen atoms in total. The molecule has 0 aliphatic carbocycles. The van der Waals surface area contributed by atoms with Crippen LogP contribution in [-0.4, -0.2) is 17.7 Å². The Balaban J connectivity index is 2.64. The number of hydrogen-bond acceptors (Lipinski definition) is 2. The third-order valence-electron chi connectivity index (χ3n) is 2.06. The van der Waals surface area contributed by atoms with E-state index in [-0.39, 0.29) is 5.78 Å². The lowest BCUT2D eigenvalue weighted by Gasteiger charge is -1.99. The molecule has 0 heterocycles. The van der Waals surface area contributed by atoms with Crippen molar-refractivity contribution in [1.82, 2.24) is 5.32 Å². The van der Waals surface area contributed by atoms with Gasteiger partial charge in [0.25, 0.3) is 0 Å². The van der Waals surface area contributed by atoms with Crippen molar-refractivity contribution < 1.29 is 9.59 Å². The van der Waals surface area contributed by atoms with Crippen LogP contribution >= 0.6 is 11.6 Å². The number of carbonyl (C=O) groups excluding carboxylic acids is 2. The molecule has 1 aromatic carbocycles. The van der Waals surface area contributed by atoms with Gasteiger partial charge in [-0.15, -0.1) is 11.6 Å². The summed E-state index contributed by atoms with van der Waals surface area (Å²) < 4.78 is 0. The van der Waals surface area contributed by atoms with Gasteiger partial charge in [0, 0.05) is 24.1 Å². The number of carbonyl (C=O) groups is 2. The van der Waals surface area contributed by atoms with Crippen LogP contribution in [-0.2, 0) is 0 Å². The number of Topliss-reactive ketones (excluding diaryl/α,β-unsaturated/α-hetero) is 1. The maximum atomic E-state index is 11.5. The van der Waals surface area contributed by atoms with E-state index in [1.807, 2.05) is 0 Å². The second-order valence-electron chi connectivity index (χ2n) is 3.33. The van der Waals surface area contributed by atoms with Gasteiger partial charge in [0.15, 0.2) is 5.78 Å². The van der Waals surface area contributed by atoms with E-state index >= 15 is 0 Å². The molecule has 0 saturated heterocycles. The van der Waals surface area contributed by atoms with Crippen molar-refractivity contribution in [1.29, 1.82) is 0 Å². The van der Waals surface area contributed by atoms with Gasteiger partial charge in [-0.3, -0.25) is 4.79 Å². The monoisotopic (exact) mass is 252 g/mol. The van der Waals surface area contributed by atoms with Gasteiger partial charge in [-0.05, 0) is 11.6 Å². The summed E-state index contributed by atoms with van der Waals surface area (Å²) >= 11 is 5.49. The topological polar surface area (TPSA) is 72.2 Å². The number of rotatable bonds is 5. The van der Waals surface area contributed by atoms with Crippen molar-refractivity contribution in [2.45, 2.75) is 6.42 Å². The number of urea groups is 1. The van der Waals surface area contributed by atoms with Crippen molar-refractivity contribution in [2.24, 2.45) is 5.73 Å². The standard InChI is InChI=1S/C12H13ClN2O2/c13-7-5-11(16)10-3-1-9(2-4-10)6-8-15-12(14)17/h1-4,6,8H,5,7H2,(H3,14,15,17). The van der Waals surface area contributed by atoms with Crippen molar-refractivity contribution in [3.63, 3.8) is 0 Å². The normalized spacial score (nSPS) is 10.4. The summed E-state index contributed by atoms with van der Waals surface area (Å²) in [4.78, 5) is 21.9. The minimum Gasteiger partial charge on any atom is -0.351 e. The van der Waals surface area contributed by atoms with Gasteiger partial charge in [-0.2, -0.15) is 0 Å². The van der Waals surface area contributed by atoms with E-state index in [4.69, 9.17) is 17.3 Å². The molecule has 0 aliphatic rings. The van der Waals surface area contributed by atoms with Gasteiger partial charge < -0.3 is 11.1 Å². The molecule has 90 valence electrons. The van der Waals surface area contributed by atoms with E-state index in [1.54, 1.807) is 30.3 Å². The predicted molar refractivity (Wildman–Crippen MR) is 67.9 cm³/mol. The van der Waals surface area contributed by atoms with Gasteiger partial charge >= 0.3 is 6.03 Å². The molecule has 3 N–H and O–H groups in total. The van der Waals surface area contributed by atoms with E-state index < -0.39 is 6.03 Å². The molecule has 0 aliphatic heterocycles. The Labute approximate surface area is 104 Å². The van der Waals surface area contributed by atoms with Gasteiger partial charge in [-0.1, -0.05) is 24.3 Å². The molecular weight excluding hydrogens is 240 g/mol. The third-order valence-corrected chi connectivity index (χ3v) is 2.24. The number of hydrogen-bond donors (Lipinski definition) is 2. The molecule has 0 atom stereocenters. The van der Waals surface area contributed by atoms with Crippen LogP contribution in [0.4, 0.5) is 4.79 Å². The van der Waals surface area contributed by atoms with E-state index in [2.05, 4.69) is 5.32 Å². The Kier molecular flexibility index (Phi) is 5.23. The van der Waals surface area contributed by atoms with Crippen LogP contribution < -0.4 is 11.1 Å². The molecule has 0 unspecified atom stereocenters. The first-order chi connectivity index (χ1) is 8.13. The average molecular weight is 253 g/mol. The molecule has 2 amide bonds. The van der Waals surface area contributed by atoms with Crippen LogP contribution in [0.25, 0.3) is 6.08 Å². The second kappa shape index (κ2) is 6.70. The Morgan fingerprint density at radius 2 is 1.94 bits per heavy atom. The van der Waals surface area contributed by atoms with E-state index in [0.717, 1.165) is 5.56 Å². The van der Waals surface area contributed by atoms with Gasteiger partial charge in [0.1, 0.15) is 0 Å². The first-order valence-electron chi connectivity index (χ1n) is 5.05. The number of primary amides is 1. The smallest absolute Gasteiger partial charge is 0.316 e. The molecule has 0 fully saturated rings. The zero-order chi connectivity index (χ0) is 12.7. The lowest BCUT2D eigenvalue weighted by molar-refractivity contribution is 0.0989. The highest BCUT2D eigenvalue weighted by atomic mass is 35.5. The summed E-state index contributed by atoms with van der Waals surface area (Å²) in [6.07, 6.45) is 3.46. The van der Waals surface area contributed by atoms with Crippen LogP contribution in [0.3, 0.4) is 0 Å². The SMILES string of the molecule is NC(=O)NC=Cc1ccc(C(=O)CCCl)cc1. The molecule has 5 heteroatoms. The molecule has 0 radical (unpaired) electrons. The highest BCUT2D eigenvalue weighted by Crippen LogP contribution is 2.08. The molecule has 1 aromatic rings. The zero-order valence-corrected chi connectivity index (χ0v) is 9.91. The summed E-state index contributed by atoms with van der Waals surface area (Å²) in [7, 11) is 0. The third kappa shape index (κ3) is 4.70. The van der Waals surface area contributed by atoms with Crippen molar-refractivity contribution in [3.05, 3.63) is 41.6 Å². The Bertz CT molecular complexity index is 427. The van der Waals surface area contributed by atoms with E-state index in [1.165, 1.54) is 6.20 Å². The Morgan fingerprint density at radius 1 is 1.29 bits per heavy atom. The van der Waals surface area contributed by atoms with Gasteiger partial charge in [0.2, 0.25) is 0 Å². The zero-order valence-electron chi connectivity index (χ0n) is 9.15. The minimum atomic E-state index is -0.616. The first kappa shape index (κ1) is 13.3. The van der Waals surface area contributed by atoms with Crippen molar-refractivity contribution >= 4 is 29.5 Å². The fourth-order valence-electron chi connectivity index (χ4n) is 1.23. The van der Waals surface area contributed by atoms with Gasteiger partial charge in [0.05, 0.1) is 0 Å². The maximum absolute atomic E-state index is 11.5. The van der Waals surface area contributed by atoms with Crippen LogP contribution in [0, 0.1) is 0 Å². The molecule has 0 spiro atoms. The highest BCUT2D eigenvalue weighted by Gasteiger charge is 2.03. The second-order valence-corrected chi connectivity index (χ2v) is 3.70. The van der Waals surface area contributed by atoms with E-state index in [0.29, 0.717) is 17.9 Å². The number of alkyl halides is 1. The lowest BCUT2D eigenvalue weighted by Crippen LogP contribution is -2.23. The van der Waals surface area contributed by atoms with Crippen LogP contribution in [0.5, 0.6) is 0 Å². The number of amides is 2. The number of nitrogens with one attached hydrogen (secondary N) is 1. The fraction of sp³-hybridized carbons (Fsp3) is 0.167. The Hall–Kier alpha value is -1.81. The van der Waals surface area contributed by atoms with Gasteiger partial charge in [-0.25, -0.2) is 4.79 Å². The predicted octanol–water partition coefficient (Wildman–Crippen LogP) is 2.14. The summed E-state index contributed by atoms with van der Waals surface area (Å²) in [5, 5.41) is 2.33. The average Bonchev–Trinajstić information content (AvgIpc) is 2.30. The quantitative estimate of drug-likeness (QED) is 0.622. The summed E-state index contributed by atoms with van der Waals surface area (Å²) in [6, 6.07) is 6.38. The molecule has 0 saturated carbocycles. The fourth-order valence-corrected chi connectivity index (χ4v) is 1.40. The van der Waals surface area contributed by atoms with Crippen LogP contribution in [0.1, 0.15) is 22.3 Å². The van der Waals surface area contributed by atoms with Crippen LogP contribution in [0.15, 0.2) is 30.5 Å². The number of nitrogens with two attached hydrogens (primary N) is 1. The lowest BCUT2D eigenvalue weighted by atomic mass is 10.1. The van der Waals surface area contributed by atoms with E-state index in [9.17, 15) is 9.59 Å². The summed E-state index contributed by atoms with van der Waals surface area (Å²) in [5.74, 6) is 0.342. The van der Waals surface area contributed by atoms with Crippen molar-refractivity contribution in [2.75, 3.05) is 5.88 Å². The maximum Gasteiger partial charge on any atom is 0.316 e. The molecule has 0 aromatic heterocycles. The number of halogens is 1.